The molecule has 3 heterocycles. The average Bonchev–Trinajstić information content (AvgIpc) is 3.30. The van der Waals surface area contributed by atoms with E-state index < -0.39 is 0 Å². The molecule has 1 atom stereocenters. The zero-order chi connectivity index (χ0) is 17.9. The minimum atomic E-state index is 0. The molecule has 28 heavy (non-hydrogen) atoms. The lowest BCUT2D eigenvalue weighted by molar-refractivity contribution is 0.0777. The van der Waals surface area contributed by atoms with E-state index >= 15 is 0 Å². The number of benzene rings is 1. The predicted octanol–water partition coefficient (Wildman–Crippen LogP) is 3.01. The van der Waals surface area contributed by atoms with E-state index in [0.717, 1.165) is 67.7 Å². The standard InChI is InChI=1S/C20H26N4OS.2ClH/c1-15-19(26-18(22-15)13-16-5-3-2-4-6-16)20(25)24-10-7-17(14-24)23-11-8-21-9-12-23;;/h2-6,17,21H,7-14H2,1H3;2*1H. The summed E-state index contributed by atoms with van der Waals surface area (Å²) in [6.45, 7) is 7.97. The smallest absolute Gasteiger partial charge is 0.265 e. The first-order valence-corrected chi connectivity index (χ1v) is 10.3. The Balaban J connectivity index is 0.00000140. The second-order valence-electron chi connectivity index (χ2n) is 7.16. The van der Waals surface area contributed by atoms with Crippen molar-refractivity contribution in [2.24, 2.45) is 0 Å². The van der Waals surface area contributed by atoms with Crippen molar-refractivity contribution in [1.82, 2.24) is 20.1 Å². The number of aromatic nitrogens is 1. The van der Waals surface area contributed by atoms with Crippen LogP contribution in [0.1, 0.15) is 32.4 Å². The number of aryl methyl sites for hydroxylation is 1. The van der Waals surface area contributed by atoms with Crippen LogP contribution in [0.4, 0.5) is 0 Å². The van der Waals surface area contributed by atoms with Gasteiger partial charge >= 0.3 is 0 Å². The molecule has 1 aromatic heterocycles. The van der Waals surface area contributed by atoms with Crippen LogP contribution in [0, 0.1) is 6.92 Å². The molecule has 1 N–H and O–H groups in total. The maximum Gasteiger partial charge on any atom is 0.265 e. The van der Waals surface area contributed by atoms with Crippen LogP contribution in [0.5, 0.6) is 0 Å². The molecule has 4 rings (SSSR count). The lowest BCUT2D eigenvalue weighted by Crippen LogP contribution is -2.49. The van der Waals surface area contributed by atoms with Crippen LogP contribution in [-0.2, 0) is 6.42 Å². The van der Waals surface area contributed by atoms with Crippen molar-refractivity contribution in [3.05, 3.63) is 51.5 Å². The Morgan fingerprint density at radius 2 is 1.89 bits per heavy atom. The van der Waals surface area contributed by atoms with Crippen molar-refractivity contribution in [2.45, 2.75) is 25.8 Å². The normalized spacial score (nSPS) is 19.8. The third kappa shape index (κ3) is 5.24. The number of likely N-dealkylation sites (tertiary alicyclic amines) is 1. The highest BCUT2D eigenvalue weighted by Crippen LogP contribution is 2.25. The summed E-state index contributed by atoms with van der Waals surface area (Å²) >= 11 is 1.56. The Labute approximate surface area is 183 Å². The van der Waals surface area contributed by atoms with Gasteiger partial charge in [0.25, 0.3) is 5.91 Å². The molecular formula is C20H28Cl2N4OS. The molecule has 2 saturated heterocycles. The van der Waals surface area contributed by atoms with Gasteiger partial charge in [-0.2, -0.15) is 0 Å². The number of nitrogens with one attached hydrogen (secondary N) is 1. The van der Waals surface area contributed by atoms with Gasteiger partial charge in [-0.15, -0.1) is 36.2 Å². The fourth-order valence-corrected chi connectivity index (χ4v) is 4.98. The van der Waals surface area contributed by atoms with Crippen LogP contribution >= 0.6 is 36.2 Å². The molecule has 2 aliphatic rings. The minimum Gasteiger partial charge on any atom is -0.336 e. The summed E-state index contributed by atoms with van der Waals surface area (Å²) in [6.07, 6.45) is 1.88. The van der Waals surface area contributed by atoms with Gasteiger partial charge in [-0.25, -0.2) is 4.98 Å². The number of carbonyl (C=O) groups excluding carboxylic acids is 1. The third-order valence-electron chi connectivity index (χ3n) is 5.35. The Morgan fingerprint density at radius 1 is 1.18 bits per heavy atom. The van der Waals surface area contributed by atoms with Gasteiger partial charge in [0.1, 0.15) is 4.88 Å². The van der Waals surface area contributed by atoms with Gasteiger partial charge in [0, 0.05) is 51.7 Å². The van der Waals surface area contributed by atoms with Crippen molar-refractivity contribution in [3.63, 3.8) is 0 Å². The van der Waals surface area contributed by atoms with E-state index in [1.54, 1.807) is 11.3 Å². The average molecular weight is 443 g/mol. The first-order valence-electron chi connectivity index (χ1n) is 9.45. The molecule has 154 valence electrons. The van der Waals surface area contributed by atoms with Crippen LogP contribution in [0.25, 0.3) is 0 Å². The molecule has 0 bridgehead atoms. The molecule has 2 aliphatic heterocycles. The molecule has 1 unspecified atom stereocenters. The lowest BCUT2D eigenvalue weighted by atomic mass is 10.2. The Hall–Kier alpha value is -1.18. The fraction of sp³-hybridized carbons (Fsp3) is 0.500. The maximum atomic E-state index is 13.0. The Morgan fingerprint density at radius 3 is 2.61 bits per heavy atom. The van der Waals surface area contributed by atoms with Gasteiger partial charge in [-0.1, -0.05) is 30.3 Å². The summed E-state index contributed by atoms with van der Waals surface area (Å²) in [5.74, 6) is 0.164. The summed E-state index contributed by atoms with van der Waals surface area (Å²) in [6, 6.07) is 10.8. The van der Waals surface area contributed by atoms with Crippen molar-refractivity contribution < 1.29 is 4.79 Å². The van der Waals surface area contributed by atoms with Crippen LogP contribution < -0.4 is 5.32 Å². The number of hydrogen-bond acceptors (Lipinski definition) is 5. The van der Waals surface area contributed by atoms with Gasteiger partial charge in [-0.3, -0.25) is 9.69 Å². The van der Waals surface area contributed by atoms with E-state index in [0.29, 0.717) is 6.04 Å². The molecular weight excluding hydrogens is 415 g/mol. The minimum absolute atomic E-state index is 0. The van der Waals surface area contributed by atoms with E-state index in [9.17, 15) is 4.79 Å². The first kappa shape index (κ1) is 23.1. The number of piperazine rings is 1. The van der Waals surface area contributed by atoms with Crippen LogP contribution in [0.3, 0.4) is 0 Å². The highest BCUT2D eigenvalue weighted by molar-refractivity contribution is 7.13. The van der Waals surface area contributed by atoms with E-state index in [2.05, 4.69) is 27.3 Å². The number of nitrogens with zero attached hydrogens (tertiary/aromatic N) is 3. The van der Waals surface area contributed by atoms with Crippen LogP contribution in [-0.4, -0.2) is 66.0 Å². The number of carbonyl (C=O) groups is 1. The summed E-state index contributed by atoms with van der Waals surface area (Å²) in [5, 5.41) is 4.42. The van der Waals surface area contributed by atoms with Gasteiger partial charge in [0.05, 0.1) is 10.7 Å². The molecule has 0 saturated carbocycles. The quantitative estimate of drug-likeness (QED) is 0.790. The molecule has 8 heteroatoms. The zero-order valence-electron chi connectivity index (χ0n) is 16.1. The van der Waals surface area contributed by atoms with Crippen LogP contribution in [0.15, 0.2) is 30.3 Å². The fourth-order valence-electron chi connectivity index (χ4n) is 3.91. The van der Waals surface area contributed by atoms with E-state index in [1.165, 1.54) is 5.56 Å². The van der Waals surface area contributed by atoms with Gasteiger partial charge < -0.3 is 10.2 Å². The lowest BCUT2D eigenvalue weighted by Gasteiger charge is -2.32. The maximum absolute atomic E-state index is 13.0. The molecule has 0 radical (unpaired) electrons. The van der Waals surface area contributed by atoms with Crippen molar-refractivity contribution in [3.8, 4) is 0 Å². The highest BCUT2D eigenvalue weighted by Gasteiger charge is 2.32. The molecule has 5 nitrogen and oxygen atoms in total. The number of hydrogen-bond donors (Lipinski definition) is 1. The summed E-state index contributed by atoms with van der Waals surface area (Å²) in [5.41, 5.74) is 2.11. The third-order valence-corrected chi connectivity index (χ3v) is 6.50. The molecule has 1 aromatic carbocycles. The zero-order valence-corrected chi connectivity index (χ0v) is 18.5. The molecule has 2 fully saturated rings. The number of thiazole rings is 1. The molecule has 0 spiro atoms. The Kier molecular flexibility index (Phi) is 8.71. The Bertz CT molecular complexity index is 765. The van der Waals surface area contributed by atoms with E-state index in [4.69, 9.17) is 0 Å². The van der Waals surface area contributed by atoms with Gasteiger partial charge in [0.15, 0.2) is 0 Å². The van der Waals surface area contributed by atoms with Crippen LogP contribution in [0.2, 0.25) is 0 Å². The SMILES string of the molecule is Cc1nc(Cc2ccccc2)sc1C(=O)N1CCC(N2CCNCC2)C1.Cl.Cl. The van der Waals surface area contributed by atoms with E-state index in [1.807, 2.05) is 30.0 Å². The van der Waals surface area contributed by atoms with Gasteiger partial charge in [0.2, 0.25) is 0 Å². The molecule has 0 aliphatic carbocycles. The predicted molar refractivity (Wildman–Crippen MR) is 119 cm³/mol. The van der Waals surface area contributed by atoms with Crippen molar-refractivity contribution >= 4 is 42.1 Å². The largest absolute Gasteiger partial charge is 0.336 e. The van der Waals surface area contributed by atoms with Crippen molar-refractivity contribution in [2.75, 3.05) is 39.3 Å². The number of rotatable bonds is 4. The number of halogens is 2. The summed E-state index contributed by atoms with van der Waals surface area (Å²) < 4.78 is 0. The second-order valence-corrected chi connectivity index (χ2v) is 8.25. The molecule has 1 amide bonds. The highest BCUT2D eigenvalue weighted by atomic mass is 35.5. The van der Waals surface area contributed by atoms with Crippen molar-refractivity contribution in [1.29, 1.82) is 0 Å². The summed E-state index contributed by atoms with van der Waals surface area (Å²) in [4.78, 5) is 23.1. The summed E-state index contributed by atoms with van der Waals surface area (Å²) in [7, 11) is 0. The van der Waals surface area contributed by atoms with E-state index in [-0.39, 0.29) is 30.7 Å². The number of amides is 1. The first-order chi connectivity index (χ1) is 12.7. The van der Waals surface area contributed by atoms with Gasteiger partial charge in [-0.05, 0) is 18.9 Å². The second kappa shape index (κ2) is 10.6. The monoisotopic (exact) mass is 442 g/mol. The topological polar surface area (TPSA) is 48.5 Å². The molecule has 2 aromatic rings.